The molecular formula is C22H25ClF2N2. The van der Waals surface area contributed by atoms with E-state index in [1.54, 1.807) is 6.07 Å². The van der Waals surface area contributed by atoms with Crippen LogP contribution in [0.25, 0.3) is 10.8 Å². The van der Waals surface area contributed by atoms with Gasteiger partial charge < -0.3 is 5.32 Å². The van der Waals surface area contributed by atoms with Gasteiger partial charge in [-0.15, -0.1) is 12.4 Å². The number of nitrogens with one attached hydrogen (secondary N) is 1. The number of rotatable bonds is 8. The summed E-state index contributed by atoms with van der Waals surface area (Å²) in [5, 5.41) is 5.91. The Morgan fingerprint density at radius 3 is 2.56 bits per heavy atom. The molecule has 2 nitrogen and oxygen atoms in total. The maximum absolute atomic E-state index is 13.2. The van der Waals surface area contributed by atoms with E-state index in [4.69, 9.17) is 0 Å². The molecule has 3 rings (SSSR count). The SMILES string of the molecule is C[C@H](CCCCc1ccc(F)c(F)c1)NCc1ccc2cnccc2c1.Cl. The van der Waals surface area contributed by atoms with Crippen LogP contribution in [0.5, 0.6) is 0 Å². The molecule has 0 fully saturated rings. The van der Waals surface area contributed by atoms with Gasteiger partial charge in [0.15, 0.2) is 11.6 Å². The molecule has 0 radical (unpaired) electrons. The third kappa shape index (κ3) is 6.26. The molecule has 0 aliphatic rings. The van der Waals surface area contributed by atoms with Crippen LogP contribution in [0.2, 0.25) is 0 Å². The van der Waals surface area contributed by atoms with Gasteiger partial charge in [-0.1, -0.05) is 24.6 Å². The van der Waals surface area contributed by atoms with E-state index < -0.39 is 11.6 Å². The van der Waals surface area contributed by atoms with E-state index in [1.807, 2.05) is 18.5 Å². The normalized spacial score (nSPS) is 12.0. The molecule has 1 heterocycles. The van der Waals surface area contributed by atoms with Crippen molar-refractivity contribution in [3.63, 3.8) is 0 Å². The Morgan fingerprint density at radius 1 is 0.926 bits per heavy atom. The van der Waals surface area contributed by atoms with Crippen LogP contribution in [-0.4, -0.2) is 11.0 Å². The van der Waals surface area contributed by atoms with Crippen molar-refractivity contribution in [2.45, 2.75) is 45.2 Å². The van der Waals surface area contributed by atoms with E-state index in [2.05, 4.69) is 35.4 Å². The Bertz CT molecular complexity index is 870. The Balaban J connectivity index is 0.00000261. The average Bonchev–Trinajstić information content (AvgIpc) is 2.66. The molecule has 0 unspecified atom stereocenters. The lowest BCUT2D eigenvalue weighted by atomic mass is 10.0. The second-order valence-corrected chi connectivity index (χ2v) is 6.83. The van der Waals surface area contributed by atoms with E-state index in [1.165, 1.54) is 23.1 Å². The van der Waals surface area contributed by atoms with Gasteiger partial charge >= 0.3 is 0 Å². The largest absolute Gasteiger partial charge is 0.310 e. The summed E-state index contributed by atoms with van der Waals surface area (Å²) in [4.78, 5) is 4.13. The maximum Gasteiger partial charge on any atom is 0.159 e. The van der Waals surface area contributed by atoms with Gasteiger partial charge in [0, 0.05) is 30.4 Å². The zero-order valence-corrected chi connectivity index (χ0v) is 16.2. The van der Waals surface area contributed by atoms with Crippen LogP contribution in [0.1, 0.15) is 37.3 Å². The van der Waals surface area contributed by atoms with E-state index >= 15 is 0 Å². The summed E-state index contributed by atoms with van der Waals surface area (Å²) in [5.74, 6) is -1.54. The van der Waals surface area contributed by atoms with Crippen molar-refractivity contribution < 1.29 is 8.78 Å². The van der Waals surface area contributed by atoms with Crippen molar-refractivity contribution in [3.05, 3.63) is 77.6 Å². The van der Waals surface area contributed by atoms with Crippen LogP contribution in [0.3, 0.4) is 0 Å². The van der Waals surface area contributed by atoms with Crippen LogP contribution in [0.4, 0.5) is 8.78 Å². The van der Waals surface area contributed by atoms with Crippen LogP contribution in [0.15, 0.2) is 54.9 Å². The van der Waals surface area contributed by atoms with Crippen molar-refractivity contribution in [1.82, 2.24) is 10.3 Å². The van der Waals surface area contributed by atoms with Crippen molar-refractivity contribution in [1.29, 1.82) is 0 Å². The van der Waals surface area contributed by atoms with Crippen molar-refractivity contribution in [3.8, 4) is 0 Å². The number of aromatic nitrogens is 1. The zero-order chi connectivity index (χ0) is 18.4. The summed E-state index contributed by atoms with van der Waals surface area (Å²) in [5.41, 5.74) is 2.12. The molecule has 0 aliphatic heterocycles. The molecule has 27 heavy (non-hydrogen) atoms. The standard InChI is InChI=1S/C22H24F2N2.ClH/c1-16(4-2-3-5-17-7-9-21(23)22(24)13-17)26-14-18-6-8-20-15-25-11-10-19(20)12-18;/h6-13,15-16,26H,2-5,14H2,1H3;1H/t16-;/m1./s1. The lowest BCUT2D eigenvalue weighted by Crippen LogP contribution is -2.25. The number of benzene rings is 2. The number of hydrogen-bond acceptors (Lipinski definition) is 2. The fourth-order valence-electron chi connectivity index (χ4n) is 3.11. The molecule has 3 aromatic rings. The van der Waals surface area contributed by atoms with Crippen molar-refractivity contribution >= 4 is 23.2 Å². The summed E-state index contributed by atoms with van der Waals surface area (Å²) < 4.78 is 26.1. The highest BCUT2D eigenvalue weighted by Crippen LogP contribution is 2.15. The molecule has 5 heteroatoms. The number of aryl methyl sites for hydroxylation is 1. The number of nitrogens with zero attached hydrogens (tertiary/aromatic N) is 1. The first-order chi connectivity index (χ1) is 12.6. The summed E-state index contributed by atoms with van der Waals surface area (Å²) in [6, 6.07) is 13.0. The molecule has 0 saturated carbocycles. The second kappa shape index (κ2) is 10.3. The molecule has 0 amide bonds. The highest BCUT2D eigenvalue weighted by atomic mass is 35.5. The predicted octanol–water partition coefficient (Wildman–Crippen LogP) is 5.83. The lowest BCUT2D eigenvalue weighted by Gasteiger charge is -2.14. The highest BCUT2D eigenvalue weighted by molar-refractivity contribution is 5.85. The van der Waals surface area contributed by atoms with Crippen molar-refractivity contribution in [2.75, 3.05) is 0 Å². The summed E-state index contributed by atoms with van der Waals surface area (Å²) >= 11 is 0. The third-order valence-corrected chi connectivity index (χ3v) is 4.70. The van der Waals surface area contributed by atoms with Gasteiger partial charge in [-0.05, 0) is 67.0 Å². The quantitative estimate of drug-likeness (QED) is 0.490. The van der Waals surface area contributed by atoms with Gasteiger partial charge in [-0.3, -0.25) is 4.98 Å². The molecular weight excluding hydrogens is 366 g/mol. The average molecular weight is 391 g/mol. The van der Waals surface area contributed by atoms with Gasteiger partial charge in [-0.25, -0.2) is 8.78 Å². The Morgan fingerprint density at radius 2 is 1.74 bits per heavy atom. The molecule has 1 N–H and O–H groups in total. The molecule has 0 aliphatic carbocycles. The smallest absolute Gasteiger partial charge is 0.159 e. The van der Waals surface area contributed by atoms with E-state index in [9.17, 15) is 8.78 Å². The molecule has 0 bridgehead atoms. The predicted molar refractivity (Wildman–Crippen MR) is 109 cm³/mol. The third-order valence-electron chi connectivity index (χ3n) is 4.70. The topological polar surface area (TPSA) is 24.9 Å². The number of hydrogen-bond donors (Lipinski definition) is 1. The van der Waals surface area contributed by atoms with Crippen LogP contribution >= 0.6 is 12.4 Å². The number of fused-ring (bicyclic) bond motifs is 1. The van der Waals surface area contributed by atoms with Gasteiger partial charge in [0.2, 0.25) is 0 Å². The van der Waals surface area contributed by atoms with Gasteiger partial charge in [0.05, 0.1) is 0 Å². The fourth-order valence-corrected chi connectivity index (χ4v) is 3.11. The molecule has 144 valence electrons. The van der Waals surface area contributed by atoms with Crippen LogP contribution in [0, 0.1) is 11.6 Å². The first-order valence-corrected chi connectivity index (χ1v) is 9.12. The van der Waals surface area contributed by atoms with Crippen LogP contribution in [-0.2, 0) is 13.0 Å². The zero-order valence-electron chi connectivity index (χ0n) is 15.4. The molecule has 0 saturated heterocycles. The molecule has 2 aromatic carbocycles. The van der Waals surface area contributed by atoms with Gasteiger partial charge in [-0.2, -0.15) is 0 Å². The molecule has 0 spiro atoms. The minimum Gasteiger partial charge on any atom is -0.310 e. The number of halogens is 3. The Labute approximate surface area is 165 Å². The summed E-state index contributed by atoms with van der Waals surface area (Å²) in [7, 11) is 0. The summed E-state index contributed by atoms with van der Waals surface area (Å²) in [6.45, 7) is 3.02. The Hall–Kier alpha value is -2.04. The van der Waals surface area contributed by atoms with E-state index in [-0.39, 0.29) is 12.4 Å². The second-order valence-electron chi connectivity index (χ2n) is 6.83. The lowest BCUT2D eigenvalue weighted by molar-refractivity contribution is 0.487. The number of pyridine rings is 1. The maximum atomic E-state index is 13.2. The fraction of sp³-hybridized carbons (Fsp3) is 0.318. The van der Waals surface area contributed by atoms with Crippen molar-refractivity contribution in [2.24, 2.45) is 0 Å². The van der Waals surface area contributed by atoms with Gasteiger partial charge in [0.1, 0.15) is 0 Å². The first-order valence-electron chi connectivity index (χ1n) is 9.12. The minimum absolute atomic E-state index is 0. The van der Waals surface area contributed by atoms with Crippen LogP contribution < -0.4 is 5.32 Å². The Kier molecular flexibility index (Phi) is 8.14. The van der Waals surface area contributed by atoms with Gasteiger partial charge in [0.25, 0.3) is 0 Å². The van der Waals surface area contributed by atoms with E-state index in [0.717, 1.165) is 43.2 Å². The first kappa shape index (κ1) is 21.3. The number of unbranched alkanes of at least 4 members (excludes halogenated alkanes) is 1. The minimum atomic E-state index is -0.781. The van der Waals surface area contributed by atoms with E-state index in [0.29, 0.717) is 6.04 Å². The molecule has 1 atom stereocenters. The highest BCUT2D eigenvalue weighted by Gasteiger charge is 2.05. The molecule has 1 aromatic heterocycles. The summed E-state index contributed by atoms with van der Waals surface area (Å²) in [6.07, 6.45) is 7.55. The monoisotopic (exact) mass is 390 g/mol.